The molecular formula is C35H53NO. The first-order valence-corrected chi connectivity index (χ1v) is 15.8. The fourth-order valence-corrected chi connectivity index (χ4v) is 10.9. The molecule has 0 bridgehead atoms. The zero-order valence-corrected chi connectivity index (χ0v) is 24.9. The average molecular weight is 504 g/mol. The van der Waals surface area contributed by atoms with Crippen LogP contribution in [0.3, 0.4) is 0 Å². The molecule has 37 heavy (non-hydrogen) atoms. The second-order valence-corrected chi connectivity index (χ2v) is 14.9. The van der Waals surface area contributed by atoms with Gasteiger partial charge in [0.05, 0.1) is 7.11 Å². The van der Waals surface area contributed by atoms with Crippen molar-refractivity contribution in [1.82, 2.24) is 4.57 Å². The van der Waals surface area contributed by atoms with Crippen LogP contribution in [0.4, 0.5) is 0 Å². The van der Waals surface area contributed by atoms with Crippen LogP contribution < -0.4 is 4.74 Å². The summed E-state index contributed by atoms with van der Waals surface area (Å²) in [5, 5.41) is 1.45. The molecule has 2 heteroatoms. The summed E-state index contributed by atoms with van der Waals surface area (Å²) in [6, 6.07) is 6.73. The zero-order chi connectivity index (χ0) is 26.1. The first-order valence-electron chi connectivity index (χ1n) is 15.8. The molecule has 1 aromatic heterocycles. The van der Waals surface area contributed by atoms with Gasteiger partial charge in [-0.05, 0) is 127 Å². The number of aromatic nitrogens is 1. The van der Waals surface area contributed by atoms with Gasteiger partial charge in [-0.2, -0.15) is 0 Å². The zero-order valence-electron chi connectivity index (χ0n) is 24.9. The molecule has 0 aliphatic heterocycles. The number of hydrogen-bond acceptors (Lipinski definition) is 1. The Morgan fingerprint density at radius 2 is 1.76 bits per heavy atom. The summed E-state index contributed by atoms with van der Waals surface area (Å²) in [6.45, 7) is 12.9. The lowest BCUT2D eigenvalue weighted by atomic mass is 9.44. The average Bonchev–Trinajstić information content (AvgIpc) is 3.36. The van der Waals surface area contributed by atoms with Gasteiger partial charge >= 0.3 is 0 Å². The van der Waals surface area contributed by atoms with E-state index in [0.717, 1.165) is 47.2 Å². The molecular weight excluding hydrogens is 450 g/mol. The minimum absolute atomic E-state index is 0.463. The summed E-state index contributed by atoms with van der Waals surface area (Å²) in [4.78, 5) is 0. The highest BCUT2D eigenvalue weighted by Gasteiger charge is 2.60. The van der Waals surface area contributed by atoms with Gasteiger partial charge in [-0.15, -0.1) is 0 Å². The maximum Gasteiger partial charge on any atom is 0.119 e. The third kappa shape index (κ3) is 3.93. The van der Waals surface area contributed by atoms with E-state index < -0.39 is 0 Å². The van der Waals surface area contributed by atoms with E-state index in [-0.39, 0.29) is 0 Å². The molecule has 8 atom stereocenters. The minimum atomic E-state index is 0.463. The predicted octanol–water partition coefficient (Wildman–Crippen LogP) is 9.22. The Balaban J connectivity index is 1.25. The first kappa shape index (κ1) is 25.8. The van der Waals surface area contributed by atoms with Crippen LogP contribution in [0, 0.1) is 52.3 Å². The van der Waals surface area contributed by atoms with Crippen LogP contribution in [0.15, 0.2) is 18.2 Å². The summed E-state index contributed by atoms with van der Waals surface area (Å²) in [5.41, 5.74) is 5.71. The molecule has 3 saturated carbocycles. The van der Waals surface area contributed by atoms with Crippen molar-refractivity contribution in [3.05, 3.63) is 29.5 Å². The number of aryl methyl sites for hydroxylation is 1. The van der Waals surface area contributed by atoms with Gasteiger partial charge in [0.15, 0.2) is 0 Å². The molecule has 2 aromatic rings. The van der Waals surface area contributed by atoms with Gasteiger partial charge in [-0.25, -0.2) is 0 Å². The Morgan fingerprint density at radius 1 is 0.973 bits per heavy atom. The van der Waals surface area contributed by atoms with Gasteiger partial charge in [-0.1, -0.05) is 53.9 Å². The van der Waals surface area contributed by atoms with Crippen LogP contribution in [-0.2, 0) is 19.9 Å². The smallest absolute Gasteiger partial charge is 0.119 e. The standard InChI is InChI=1S/C35H53NO/c1-22(2)9-8-10-23(3)29-14-15-30-26-13-11-24-19-27-28-20-25(37-7)12-16-32(28)36(6)33(27)21-35(24,5)31(26)17-18-34(29,30)4/h12,16,20,22-24,26,29-31H,8-11,13-15,17-19,21H2,1-7H3. The Bertz CT molecular complexity index is 1140. The summed E-state index contributed by atoms with van der Waals surface area (Å²) < 4.78 is 8.15. The van der Waals surface area contributed by atoms with E-state index in [0.29, 0.717) is 10.8 Å². The van der Waals surface area contributed by atoms with E-state index in [1.165, 1.54) is 81.5 Å². The molecule has 6 rings (SSSR count). The van der Waals surface area contributed by atoms with Gasteiger partial charge in [0.2, 0.25) is 0 Å². The highest BCUT2D eigenvalue weighted by molar-refractivity contribution is 5.87. The third-order valence-corrected chi connectivity index (χ3v) is 12.9. The number of methoxy groups -OCH3 is 1. The third-order valence-electron chi connectivity index (χ3n) is 12.9. The summed E-state index contributed by atoms with van der Waals surface area (Å²) in [7, 11) is 4.11. The fraction of sp³-hybridized carbons (Fsp3) is 0.771. The maximum atomic E-state index is 5.62. The highest BCUT2D eigenvalue weighted by atomic mass is 16.5. The largest absolute Gasteiger partial charge is 0.497 e. The molecule has 0 radical (unpaired) electrons. The van der Waals surface area contributed by atoms with Gasteiger partial charge < -0.3 is 9.30 Å². The Labute approximate surface area is 226 Å². The molecule has 0 spiro atoms. The summed E-state index contributed by atoms with van der Waals surface area (Å²) in [6.07, 6.45) is 15.8. The van der Waals surface area contributed by atoms with Crippen LogP contribution in [0.1, 0.15) is 104 Å². The van der Waals surface area contributed by atoms with Crippen LogP contribution in [0.5, 0.6) is 5.75 Å². The molecule has 1 aromatic carbocycles. The van der Waals surface area contributed by atoms with E-state index in [4.69, 9.17) is 4.74 Å². The number of ether oxygens (including phenoxy) is 1. The summed E-state index contributed by atoms with van der Waals surface area (Å²) >= 11 is 0. The number of rotatable bonds is 6. The predicted molar refractivity (Wildman–Crippen MR) is 156 cm³/mol. The quantitative estimate of drug-likeness (QED) is 0.383. The van der Waals surface area contributed by atoms with Crippen LogP contribution >= 0.6 is 0 Å². The monoisotopic (exact) mass is 503 g/mol. The van der Waals surface area contributed by atoms with E-state index >= 15 is 0 Å². The van der Waals surface area contributed by atoms with E-state index in [2.05, 4.69) is 64.4 Å². The molecule has 204 valence electrons. The van der Waals surface area contributed by atoms with Crippen molar-refractivity contribution in [2.45, 2.75) is 105 Å². The van der Waals surface area contributed by atoms with Gasteiger partial charge in [0.25, 0.3) is 0 Å². The lowest BCUT2D eigenvalue weighted by Gasteiger charge is -2.60. The van der Waals surface area contributed by atoms with E-state index in [1.807, 2.05) is 0 Å². The Kier molecular flexibility index (Phi) is 6.52. The first-order chi connectivity index (χ1) is 17.7. The number of hydrogen-bond donors (Lipinski definition) is 0. The molecule has 1 heterocycles. The van der Waals surface area contributed by atoms with Gasteiger partial charge in [0.1, 0.15) is 5.75 Å². The highest BCUT2D eigenvalue weighted by Crippen LogP contribution is 2.68. The number of nitrogens with zero attached hydrogens (tertiary/aromatic N) is 1. The maximum absolute atomic E-state index is 5.62. The molecule has 2 nitrogen and oxygen atoms in total. The van der Waals surface area contributed by atoms with Crippen LogP contribution in [0.2, 0.25) is 0 Å². The summed E-state index contributed by atoms with van der Waals surface area (Å²) in [5.74, 6) is 7.41. The van der Waals surface area contributed by atoms with Crippen molar-refractivity contribution in [1.29, 1.82) is 0 Å². The lowest BCUT2D eigenvalue weighted by Crippen LogP contribution is -2.54. The molecule has 0 N–H and O–H groups in total. The van der Waals surface area contributed by atoms with Crippen molar-refractivity contribution in [3.63, 3.8) is 0 Å². The molecule has 0 amide bonds. The van der Waals surface area contributed by atoms with Crippen molar-refractivity contribution in [2.75, 3.05) is 7.11 Å². The number of fused-ring (bicyclic) bond motifs is 8. The van der Waals surface area contributed by atoms with E-state index in [1.54, 1.807) is 18.4 Å². The topological polar surface area (TPSA) is 14.2 Å². The SMILES string of the molecule is COc1ccc2c(c1)c1c(n2C)CC2(C)C(CCC3C2CCC2(C)C(C(C)CCCC(C)C)CCC32)C1. The van der Waals surface area contributed by atoms with Crippen molar-refractivity contribution in [3.8, 4) is 5.75 Å². The molecule has 0 saturated heterocycles. The molecule has 4 aliphatic carbocycles. The van der Waals surface area contributed by atoms with Gasteiger partial charge in [0, 0.05) is 23.6 Å². The van der Waals surface area contributed by atoms with E-state index in [9.17, 15) is 0 Å². The van der Waals surface area contributed by atoms with Crippen LogP contribution in [0.25, 0.3) is 10.9 Å². The minimum Gasteiger partial charge on any atom is -0.497 e. The normalized spacial score (nSPS) is 37.7. The van der Waals surface area contributed by atoms with Gasteiger partial charge in [-0.3, -0.25) is 0 Å². The number of benzene rings is 1. The van der Waals surface area contributed by atoms with Crippen molar-refractivity contribution in [2.24, 2.45) is 59.3 Å². The molecule has 4 aliphatic rings. The lowest BCUT2D eigenvalue weighted by molar-refractivity contribution is -0.104. The molecule has 8 unspecified atom stereocenters. The van der Waals surface area contributed by atoms with Crippen molar-refractivity contribution >= 4 is 10.9 Å². The fourth-order valence-electron chi connectivity index (χ4n) is 10.9. The second kappa shape index (κ2) is 9.34. The van der Waals surface area contributed by atoms with Crippen LogP contribution in [-0.4, -0.2) is 11.7 Å². The van der Waals surface area contributed by atoms with Crippen molar-refractivity contribution < 1.29 is 4.74 Å². The Morgan fingerprint density at radius 3 is 2.51 bits per heavy atom. The Hall–Kier alpha value is -1.44. The molecule has 3 fully saturated rings. The second-order valence-electron chi connectivity index (χ2n) is 14.9.